The number of aliphatic hydroxyl groups excluding tert-OH is 2. The summed E-state index contributed by atoms with van der Waals surface area (Å²) in [4.78, 5) is 82.3. The summed E-state index contributed by atoms with van der Waals surface area (Å²) >= 11 is 0. The van der Waals surface area contributed by atoms with Crippen molar-refractivity contribution in [3.8, 4) is 51.6 Å². The van der Waals surface area contributed by atoms with Gasteiger partial charge in [0.15, 0.2) is 28.8 Å². The summed E-state index contributed by atoms with van der Waals surface area (Å²) < 4.78 is 24.2. The molecule has 5 rings (SSSR count). The Morgan fingerprint density at radius 1 is 0.878 bits per heavy atom. The van der Waals surface area contributed by atoms with E-state index in [1.54, 1.807) is 26.0 Å². The molecule has 0 radical (unpaired) electrons. The molecule has 3 unspecified atom stereocenters. The maximum Gasteiger partial charge on any atom is 0.255 e. The minimum Gasteiger partial charge on any atom is -0.492 e. The highest BCUT2D eigenvalue weighted by Gasteiger charge is 2.38. The van der Waals surface area contributed by atoms with E-state index in [2.05, 4.69) is 52.0 Å². The number of ether oxygens (including phenoxy) is 4. The highest BCUT2D eigenvalue weighted by molar-refractivity contribution is 6.01. The number of nitrogens with two attached hydrogens (primary N) is 3. The lowest BCUT2D eigenvalue weighted by molar-refractivity contribution is -0.141. The summed E-state index contributed by atoms with van der Waals surface area (Å²) in [6.07, 6.45) is -2.54. The average Bonchev–Trinajstić information content (AvgIpc) is 3.36. The second kappa shape index (κ2) is 25.5. The van der Waals surface area contributed by atoms with Crippen molar-refractivity contribution < 1.29 is 53.1 Å². The molecule has 1 aliphatic heterocycles. The number of nitrogens with one attached hydrogen (secondary N) is 4. The van der Waals surface area contributed by atoms with Crippen LogP contribution < -0.4 is 57.4 Å². The van der Waals surface area contributed by atoms with Crippen LogP contribution >= 0.6 is 0 Å². The molecule has 0 fully saturated rings. The van der Waals surface area contributed by atoms with Crippen LogP contribution in [-0.2, 0) is 31.0 Å². The third-order valence-electron chi connectivity index (χ3n) is 12.3. The summed E-state index contributed by atoms with van der Waals surface area (Å²) in [6.45, 7) is 9.61. The molecule has 4 bridgehead atoms. The number of benzene rings is 3. The van der Waals surface area contributed by atoms with Crippen LogP contribution in [0.2, 0.25) is 0 Å². The highest BCUT2D eigenvalue weighted by Crippen LogP contribution is 2.48. The Labute approximate surface area is 430 Å². The summed E-state index contributed by atoms with van der Waals surface area (Å²) in [5.41, 5.74) is 21.0. The van der Waals surface area contributed by atoms with Gasteiger partial charge in [0.25, 0.3) is 5.91 Å². The molecule has 4 aromatic rings. The van der Waals surface area contributed by atoms with Gasteiger partial charge in [-0.3, -0.25) is 24.0 Å². The van der Waals surface area contributed by atoms with Gasteiger partial charge in [-0.2, -0.15) is 5.26 Å². The van der Waals surface area contributed by atoms with Crippen LogP contribution in [0.25, 0.3) is 22.5 Å². The predicted octanol–water partition coefficient (Wildman–Crippen LogP) is 0.971. The van der Waals surface area contributed by atoms with Gasteiger partial charge in [-0.15, -0.1) is 0 Å². The maximum absolute atomic E-state index is 15.0. The summed E-state index contributed by atoms with van der Waals surface area (Å²) in [5.74, 6) is -3.29. The minimum atomic E-state index is -1.63. The first-order chi connectivity index (χ1) is 35.1. The lowest BCUT2D eigenvalue weighted by Crippen LogP contribution is -2.56. The zero-order chi connectivity index (χ0) is 54.6. The Bertz CT molecular complexity index is 2700. The molecule has 12 N–H and O–H groups in total. The van der Waals surface area contributed by atoms with Crippen molar-refractivity contribution in [1.82, 2.24) is 36.1 Å². The fourth-order valence-corrected chi connectivity index (χ4v) is 8.32. The molecule has 3 aromatic carbocycles. The number of rotatable bonds is 19. The lowest BCUT2D eigenvalue weighted by Gasteiger charge is -2.33. The molecule has 0 saturated heterocycles. The number of likely N-dealkylation sites (N-methyl/N-ethyl adjacent to an activating group) is 1. The van der Waals surface area contributed by atoms with Crippen LogP contribution in [0.5, 0.6) is 23.0 Å². The van der Waals surface area contributed by atoms with Crippen LogP contribution in [0.4, 0.5) is 0 Å². The molecule has 2 heterocycles. The fourth-order valence-electron chi connectivity index (χ4n) is 8.32. The maximum atomic E-state index is 15.0. The molecular formula is C52H69N11O11. The number of aromatic nitrogens is 2. The van der Waals surface area contributed by atoms with E-state index in [1.165, 1.54) is 40.3 Å². The number of nitrogens with zero attached hydrogens (tertiary/aromatic N) is 4. The van der Waals surface area contributed by atoms with Crippen molar-refractivity contribution in [2.24, 2.45) is 17.2 Å². The molecule has 5 amide bonds. The lowest BCUT2D eigenvalue weighted by atomic mass is 9.86. The topological polar surface area (TPSA) is 342 Å². The van der Waals surface area contributed by atoms with Gasteiger partial charge >= 0.3 is 0 Å². The fraction of sp³-hybridized carbons (Fsp3) is 0.462. The second-order valence-corrected chi connectivity index (χ2v) is 18.9. The number of methoxy groups -OCH3 is 2. The number of amides is 5. The van der Waals surface area contributed by atoms with Crippen molar-refractivity contribution in [3.05, 3.63) is 82.2 Å². The molecule has 0 aliphatic carbocycles. The summed E-state index contributed by atoms with van der Waals surface area (Å²) in [7, 11) is 4.05. The van der Waals surface area contributed by atoms with Gasteiger partial charge in [0.1, 0.15) is 56.1 Å². The van der Waals surface area contributed by atoms with E-state index in [9.17, 15) is 34.7 Å². The molecule has 1 aromatic heterocycles. The number of aryl methyl sites for hydroxylation is 2. The average molecular weight is 1020 g/mol. The first-order valence-corrected chi connectivity index (χ1v) is 24.0. The van der Waals surface area contributed by atoms with Crippen molar-refractivity contribution >= 4 is 29.5 Å². The van der Waals surface area contributed by atoms with Crippen molar-refractivity contribution in [1.29, 1.82) is 5.26 Å². The Morgan fingerprint density at radius 2 is 1.45 bits per heavy atom. The smallest absolute Gasteiger partial charge is 0.255 e. The van der Waals surface area contributed by atoms with Crippen LogP contribution in [0.3, 0.4) is 0 Å². The van der Waals surface area contributed by atoms with Crippen LogP contribution in [0, 0.1) is 25.2 Å². The van der Waals surface area contributed by atoms with Gasteiger partial charge in [0.05, 0.1) is 37.2 Å². The van der Waals surface area contributed by atoms with Crippen LogP contribution in [0.15, 0.2) is 48.5 Å². The first-order valence-electron chi connectivity index (χ1n) is 24.0. The summed E-state index contributed by atoms with van der Waals surface area (Å²) in [5, 5.41) is 40.9. The Kier molecular flexibility index (Phi) is 19.8. The molecule has 22 nitrogen and oxygen atoms in total. The molecule has 398 valence electrons. The van der Waals surface area contributed by atoms with E-state index in [-0.39, 0.29) is 103 Å². The van der Waals surface area contributed by atoms with E-state index in [0.29, 0.717) is 22.8 Å². The summed E-state index contributed by atoms with van der Waals surface area (Å²) in [6, 6.07) is 10.2. The van der Waals surface area contributed by atoms with Gasteiger partial charge in [-0.25, -0.2) is 9.97 Å². The molecule has 22 heteroatoms. The molecule has 74 heavy (non-hydrogen) atoms. The first kappa shape index (κ1) is 57.5. The monoisotopic (exact) mass is 1020 g/mol. The SMILES string of the molecule is COc1c(OCC(O)CN)cc2cc1-c1cc(cc(OCC(O)CN)c1OC)[C@H](N(C)C(=O)C(CCN)NC(=O)c1c(C)nc(-c3ccc(C(C)(C)C)cc3)nc1C)C(=O)N[C@@H](C)C(=O)N[C@H](C(=O)NCC#N)C2. The highest BCUT2D eigenvalue weighted by atomic mass is 16.5. The Morgan fingerprint density at radius 3 is 1.97 bits per heavy atom. The van der Waals surface area contributed by atoms with E-state index < -0.39 is 65.9 Å². The standard InChI is InChI=1S/C52H69N11O11/c1-27-42(28(2)59-46(58-27)31-10-12-33(13-11-31)52(4,5)6)49(68)61-38(14-15-53)51(70)63(7)43-32-21-37(45(72-9)41(22-32)74-26-35(65)24-56)36-18-30(20-40(44(36)71-8)73-25-34(64)23-55)19-39(48(67)57-17-16-54)62-47(66)29(3)60-50(43)69/h10-13,18,20-22,29,34-35,38-39,43,64-65H,14-15,17,19,23-26,53,55-56H2,1-9H3,(H,57,67)(H,60,69)(H,61,68)(H,62,66)/t29-,34?,35?,38?,39-,43-/m0/s1. The van der Waals surface area contributed by atoms with Crippen molar-refractivity contribution in [2.75, 3.05) is 60.7 Å². The number of hydrogen-bond donors (Lipinski definition) is 9. The van der Waals surface area contributed by atoms with Crippen LogP contribution in [0.1, 0.15) is 78.6 Å². The Hall–Kier alpha value is -7.42. The number of carbonyl (C=O) groups is 5. The van der Waals surface area contributed by atoms with E-state index in [0.717, 1.165) is 16.0 Å². The third kappa shape index (κ3) is 13.8. The Balaban J connectivity index is 1.69. The van der Waals surface area contributed by atoms with Gasteiger partial charge < -0.3 is 72.5 Å². The third-order valence-corrected chi connectivity index (χ3v) is 12.3. The number of hydrogen-bond acceptors (Lipinski definition) is 17. The number of carbonyl (C=O) groups excluding carboxylic acids is 5. The van der Waals surface area contributed by atoms with Crippen LogP contribution in [-0.4, -0.2) is 146 Å². The molecule has 0 spiro atoms. The van der Waals surface area contributed by atoms with Gasteiger partial charge in [0, 0.05) is 43.2 Å². The number of aliphatic hydroxyl groups is 2. The zero-order valence-electron chi connectivity index (χ0n) is 43.3. The predicted molar refractivity (Wildman–Crippen MR) is 274 cm³/mol. The number of fused-ring (bicyclic) bond motifs is 5. The number of nitriles is 1. The molecule has 0 saturated carbocycles. The molecular weight excluding hydrogens is 955 g/mol. The quantitative estimate of drug-likeness (QED) is 0.0591. The second-order valence-electron chi connectivity index (χ2n) is 18.9. The van der Waals surface area contributed by atoms with Gasteiger partial charge in [-0.05, 0) is 80.1 Å². The largest absolute Gasteiger partial charge is 0.492 e. The van der Waals surface area contributed by atoms with E-state index in [1.807, 2.05) is 30.3 Å². The normalized spacial score (nSPS) is 17.0. The van der Waals surface area contributed by atoms with Gasteiger partial charge in [0.2, 0.25) is 23.6 Å². The van der Waals surface area contributed by atoms with Gasteiger partial charge in [-0.1, -0.05) is 45.0 Å². The minimum absolute atomic E-state index is 0.0300. The van der Waals surface area contributed by atoms with Crippen molar-refractivity contribution in [2.45, 2.75) is 96.2 Å². The zero-order valence-corrected chi connectivity index (χ0v) is 43.3. The molecule has 1 aliphatic rings. The van der Waals surface area contributed by atoms with E-state index in [4.69, 9.17) is 36.1 Å². The van der Waals surface area contributed by atoms with Crippen molar-refractivity contribution in [3.63, 3.8) is 0 Å². The molecule has 6 atom stereocenters. The van der Waals surface area contributed by atoms with E-state index >= 15 is 4.79 Å².